The third kappa shape index (κ3) is 10.0. The molecule has 0 spiro atoms. The minimum Gasteiger partial charge on any atom is -0.394 e. The van der Waals surface area contributed by atoms with Crippen LogP contribution in [0.15, 0.2) is 0 Å². The fourth-order valence-electron chi connectivity index (χ4n) is 2.04. The minimum atomic E-state index is -1.94. The van der Waals surface area contributed by atoms with Crippen LogP contribution in [0.4, 0.5) is 0 Å². The predicted molar refractivity (Wildman–Crippen MR) is 90.4 cm³/mol. The van der Waals surface area contributed by atoms with Gasteiger partial charge in [0.05, 0.1) is 0 Å². The largest absolute Gasteiger partial charge is 0.394 e. The van der Waals surface area contributed by atoms with Crippen molar-refractivity contribution >= 4 is 24.5 Å². The molecule has 0 aliphatic rings. The van der Waals surface area contributed by atoms with E-state index in [1.54, 1.807) is 0 Å². The van der Waals surface area contributed by atoms with Crippen molar-refractivity contribution in [2.45, 2.75) is 77.8 Å². The minimum absolute atomic E-state index is 0.890. The summed E-state index contributed by atoms with van der Waals surface area (Å²) in [5, 5.41) is 1.06. The highest BCUT2D eigenvalue weighted by Crippen LogP contribution is 2.25. The molecule has 0 aromatic rings. The maximum Gasteiger partial charge on any atom is 0.338 e. The van der Waals surface area contributed by atoms with Crippen LogP contribution in [0.1, 0.15) is 65.7 Å². The maximum absolute atomic E-state index is 6.32. The molecule has 4 heteroatoms. The molecule has 0 radical (unpaired) electrons. The number of rotatable bonds is 14. The Labute approximate surface area is 130 Å². The zero-order valence-corrected chi connectivity index (χ0v) is 15.8. The highest BCUT2D eigenvalue weighted by atomic mass is 79.9. The van der Waals surface area contributed by atoms with Gasteiger partial charge in [-0.05, 0) is 31.4 Å². The summed E-state index contributed by atoms with van der Waals surface area (Å²) in [5.74, 6) is 0. The lowest BCUT2D eigenvalue weighted by Gasteiger charge is -2.31. The van der Waals surface area contributed by atoms with E-state index >= 15 is 0 Å². The molecule has 0 unspecified atom stereocenters. The van der Waals surface area contributed by atoms with Gasteiger partial charge < -0.3 is 8.85 Å². The first-order chi connectivity index (χ1) is 9.24. The Kier molecular flexibility index (Phi) is 14.0. The molecule has 2 nitrogen and oxygen atoms in total. The number of halogens is 1. The average molecular weight is 353 g/mol. The first-order valence-corrected chi connectivity index (χ1v) is 11.4. The Hall–Kier alpha value is 0.617. The molecule has 0 aromatic heterocycles. The van der Waals surface area contributed by atoms with Crippen LogP contribution in [0, 0.1) is 0 Å². The SMILES string of the molecule is CCCCO[Si](CCCC)(CCCBr)OCCCC. The number of alkyl halides is 1. The molecule has 0 atom stereocenters. The van der Waals surface area contributed by atoms with Crippen LogP contribution in [0.2, 0.25) is 12.1 Å². The summed E-state index contributed by atoms with van der Waals surface area (Å²) < 4.78 is 12.6. The lowest BCUT2D eigenvalue weighted by atomic mass is 10.4. The summed E-state index contributed by atoms with van der Waals surface area (Å²) in [6.07, 6.45) is 8.37. The van der Waals surface area contributed by atoms with Gasteiger partial charge in [-0.15, -0.1) is 0 Å². The molecule has 0 N–H and O–H groups in total. The Morgan fingerprint density at radius 2 is 1.21 bits per heavy atom. The van der Waals surface area contributed by atoms with Crippen molar-refractivity contribution in [3.8, 4) is 0 Å². The average Bonchev–Trinajstić information content (AvgIpc) is 2.43. The van der Waals surface area contributed by atoms with Gasteiger partial charge in [0.2, 0.25) is 0 Å². The van der Waals surface area contributed by atoms with Crippen molar-refractivity contribution in [2.75, 3.05) is 18.5 Å². The molecular formula is C15H33BrO2Si. The van der Waals surface area contributed by atoms with Crippen molar-refractivity contribution < 1.29 is 8.85 Å². The van der Waals surface area contributed by atoms with E-state index in [1.165, 1.54) is 38.1 Å². The van der Waals surface area contributed by atoms with Gasteiger partial charge in [0.25, 0.3) is 0 Å². The Bertz CT molecular complexity index is 171. The maximum atomic E-state index is 6.32. The van der Waals surface area contributed by atoms with Crippen LogP contribution in [0.5, 0.6) is 0 Å². The van der Waals surface area contributed by atoms with Crippen molar-refractivity contribution in [3.05, 3.63) is 0 Å². The van der Waals surface area contributed by atoms with Crippen LogP contribution in [0.25, 0.3) is 0 Å². The molecule has 19 heavy (non-hydrogen) atoms. The van der Waals surface area contributed by atoms with Crippen LogP contribution in [-0.2, 0) is 8.85 Å². The second-order valence-corrected chi connectivity index (χ2v) is 9.40. The summed E-state index contributed by atoms with van der Waals surface area (Å²) in [7, 11) is -1.94. The second kappa shape index (κ2) is 13.6. The highest BCUT2D eigenvalue weighted by Gasteiger charge is 2.36. The zero-order chi connectivity index (χ0) is 14.4. The Balaban J connectivity index is 4.44. The van der Waals surface area contributed by atoms with Crippen molar-refractivity contribution in [3.63, 3.8) is 0 Å². The van der Waals surface area contributed by atoms with Gasteiger partial charge in [-0.2, -0.15) is 0 Å². The molecule has 0 aliphatic carbocycles. The van der Waals surface area contributed by atoms with Crippen LogP contribution >= 0.6 is 15.9 Å². The molecule has 0 amide bonds. The van der Waals surface area contributed by atoms with Gasteiger partial charge >= 0.3 is 8.56 Å². The normalized spacial score (nSPS) is 12.0. The summed E-state index contributed by atoms with van der Waals surface area (Å²) in [4.78, 5) is 0. The van der Waals surface area contributed by atoms with Crippen LogP contribution in [-0.4, -0.2) is 27.1 Å². The monoisotopic (exact) mass is 352 g/mol. The van der Waals surface area contributed by atoms with Gasteiger partial charge in [0.1, 0.15) is 0 Å². The summed E-state index contributed by atoms with van der Waals surface area (Å²) >= 11 is 3.55. The van der Waals surface area contributed by atoms with E-state index in [1.807, 2.05) is 0 Å². The van der Waals surface area contributed by atoms with Crippen LogP contribution < -0.4 is 0 Å². The van der Waals surface area contributed by atoms with E-state index < -0.39 is 8.56 Å². The zero-order valence-electron chi connectivity index (χ0n) is 13.2. The molecule has 0 bridgehead atoms. The number of unbranched alkanes of at least 4 members (excludes halogenated alkanes) is 3. The van der Waals surface area contributed by atoms with Gasteiger partial charge in [-0.25, -0.2) is 0 Å². The summed E-state index contributed by atoms with van der Waals surface area (Å²) in [6, 6.07) is 2.32. The van der Waals surface area contributed by atoms with E-state index in [2.05, 4.69) is 36.7 Å². The summed E-state index contributed by atoms with van der Waals surface area (Å²) in [5.41, 5.74) is 0. The quantitative estimate of drug-likeness (QED) is 0.228. The first kappa shape index (κ1) is 19.6. The molecule has 0 saturated carbocycles. The van der Waals surface area contributed by atoms with E-state index in [9.17, 15) is 0 Å². The number of hydrogen-bond donors (Lipinski definition) is 0. The molecule has 116 valence electrons. The smallest absolute Gasteiger partial charge is 0.338 e. The fourth-order valence-corrected chi connectivity index (χ4v) is 6.39. The van der Waals surface area contributed by atoms with E-state index in [4.69, 9.17) is 8.85 Å². The topological polar surface area (TPSA) is 18.5 Å². The van der Waals surface area contributed by atoms with E-state index in [0.717, 1.165) is 37.4 Å². The highest BCUT2D eigenvalue weighted by molar-refractivity contribution is 9.09. The van der Waals surface area contributed by atoms with E-state index in [-0.39, 0.29) is 0 Å². The van der Waals surface area contributed by atoms with Gasteiger partial charge in [-0.1, -0.05) is 62.4 Å². The molecule has 0 heterocycles. The Morgan fingerprint density at radius 1 is 0.737 bits per heavy atom. The molecule has 0 rings (SSSR count). The first-order valence-electron chi connectivity index (χ1n) is 8.08. The van der Waals surface area contributed by atoms with Crippen molar-refractivity contribution in [1.82, 2.24) is 0 Å². The van der Waals surface area contributed by atoms with Gasteiger partial charge in [-0.3, -0.25) is 0 Å². The summed E-state index contributed by atoms with van der Waals surface area (Å²) in [6.45, 7) is 8.47. The molecule has 0 saturated heterocycles. The molecule has 0 aromatic carbocycles. The van der Waals surface area contributed by atoms with Gasteiger partial charge in [0, 0.05) is 18.5 Å². The third-order valence-corrected chi connectivity index (χ3v) is 7.58. The molecule has 0 fully saturated rings. The lowest BCUT2D eigenvalue weighted by molar-refractivity contribution is 0.161. The lowest BCUT2D eigenvalue weighted by Crippen LogP contribution is -2.42. The van der Waals surface area contributed by atoms with Crippen molar-refractivity contribution in [1.29, 1.82) is 0 Å². The second-order valence-electron chi connectivity index (χ2n) is 5.21. The van der Waals surface area contributed by atoms with E-state index in [0.29, 0.717) is 0 Å². The molecule has 0 aliphatic heterocycles. The number of hydrogen-bond acceptors (Lipinski definition) is 2. The van der Waals surface area contributed by atoms with Crippen LogP contribution in [0.3, 0.4) is 0 Å². The van der Waals surface area contributed by atoms with Gasteiger partial charge in [0.15, 0.2) is 0 Å². The van der Waals surface area contributed by atoms with Crippen molar-refractivity contribution in [2.24, 2.45) is 0 Å². The fraction of sp³-hybridized carbons (Fsp3) is 1.00. The molecular weight excluding hydrogens is 320 g/mol. The third-order valence-electron chi connectivity index (χ3n) is 3.33. The predicted octanol–water partition coefficient (Wildman–Crippen LogP) is 5.65. The standard InChI is InChI=1S/C15H33BrO2Si/c1-4-7-12-17-19(14-9-6-3,15-10-11-16)18-13-8-5-2/h4-15H2,1-3H3. The Morgan fingerprint density at radius 3 is 1.63 bits per heavy atom.